The summed E-state index contributed by atoms with van der Waals surface area (Å²) < 4.78 is 13.8. The first-order valence-corrected chi connectivity index (χ1v) is 6.19. The predicted molar refractivity (Wildman–Crippen MR) is 79.3 cm³/mol. The Balaban J connectivity index is 2.50. The molecule has 0 radical (unpaired) electrons. The van der Waals surface area contributed by atoms with E-state index in [1.807, 2.05) is 26.0 Å². The number of aryl methyl sites for hydroxylation is 2. The van der Waals surface area contributed by atoms with Gasteiger partial charge in [-0.3, -0.25) is 0 Å². The van der Waals surface area contributed by atoms with Crippen molar-refractivity contribution in [2.24, 2.45) is 5.73 Å². The normalized spacial score (nSPS) is 10.3. The van der Waals surface area contributed by atoms with Gasteiger partial charge in [0.25, 0.3) is 0 Å². The maximum absolute atomic E-state index is 13.8. The quantitative estimate of drug-likeness (QED) is 0.845. The van der Waals surface area contributed by atoms with Crippen LogP contribution in [0.5, 0.6) is 0 Å². The molecule has 0 aliphatic rings. The first-order chi connectivity index (χ1) is 9.00. The summed E-state index contributed by atoms with van der Waals surface area (Å²) in [5, 5.41) is 2.98. The Labute approximate surface area is 116 Å². The molecule has 98 valence electrons. The molecule has 0 aliphatic heterocycles. The lowest BCUT2D eigenvalue weighted by atomic mass is 10.1. The highest BCUT2D eigenvalue weighted by Crippen LogP contribution is 2.25. The molecule has 1 aromatic carbocycles. The van der Waals surface area contributed by atoms with Crippen LogP contribution in [0.3, 0.4) is 0 Å². The number of halogens is 1. The third kappa shape index (κ3) is 2.71. The van der Waals surface area contributed by atoms with Crippen molar-refractivity contribution in [3.63, 3.8) is 0 Å². The number of para-hydroxylation sites is 1. The van der Waals surface area contributed by atoms with Crippen molar-refractivity contribution in [2.75, 3.05) is 5.32 Å². The second-order valence-corrected chi connectivity index (χ2v) is 4.71. The van der Waals surface area contributed by atoms with Gasteiger partial charge < -0.3 is 11.1 Å². The molecule has 0 saturated carbocycles. The van der Waals surface area contributed by atoms with E-state index < -0.39 is 0 Å². The first-order valence-electron chi connectivity index (χ1n) is 5.78. The van der Waals surface area contributed by atoms with Gasteiger partial charge in [0.1, 0.15) is 16.6 Å². The molecular formula is C14H14FN3S. The number of hydrogen-bond acceptors (Lipinski definition) is 3. The Kier molecular flexibility index (Phi) is 3.76. The third-order valence-corrected chi connectivity index (χ3v) is 3.08. The molecule has 3 N–H and O–H groups in total. The minimum absolute atomic E-state index is 0.238. The third-order valence-electron chi connectivity index (χ3n) is 2.87. The SMILES string of the molecule is Cc1cccc(F)c1Nc1nccc(C)c1C(N)=S. The van der Waals surface area contributed by atoms with Crippen LogP contribution in [0, 0.1) is 19.7 Å². The second-order valence-electron chi connectivity index (χ2n) is 4.27. The minimum atomic E-state index is -0.336. The van der Waals surface area contributed by atoms with E-state index in [0.29, 0.717) is 17.1 Å². The van der Waals surface area contributed by atoms with Gasteiger partial charge in [-0.05, 0) is 37.1 Å². The van der Waals surface area contributed by atoms with Gasteiger partial charge in [-0.15, -0.1) is 0 Å². The molecule has 2 aromatic rings. The van der Waals surface area contributed by atoms with Gasteiger partial charge in [-0.25, -0.2) is 9.37 Å². The van der Waals surface area contributed by atoms with Crippen molar-refractivity contribution in [1.29, 1.82) is 0 Å². The molecule has 0 bridgehead atoms. The van der Waals surface area contributed by atoms with Crippen molar-refractivity contribution in [3.05, 3.63) is 53.0 Å². The minimum Gasteiger partial charge on any atom is -0.389 e. The Morgan fingerprint density at radius 2 is 2.00 bits per heavy atom. The van der Waals surface area contributed by atoms with E-state index in [1.165, 1.54) is 6.07 Å². The van der Waals surface area contributed by atoms with Crippen LogP contribution in [0.4, 0.5) is 15.9 Å². The largest absolute Gasteiger partial charge is 0.389 e. The lowest BCUT2D eigenvalue weighted by Gasteiger charge is -2.14. The lowest BCUT2D eigenvalue weighted by molar-refractivity contribution is 0.631. The van der Waals surface area contributed by atoms with E-state index in [9.17, 15) is 4.39 Å². The molecule has 0 amide bonds. The molecule has 1 aromatic heterocycles. The lowest BCUT2D eigenvalue weighted by Crippen LogP contribution is -2.15. The van der Waals surface area contributed by atoms with E-state index in [0.717, 1.165) is 11.1 Å². The molecule has 0 saturated heterocycles. The molecule has 0 spiro atoms. The maximum atomic E-state index is 13.8. The molecule has 0 fully saturated rings. The smallest absolute Gasteiger partial charge is 0.146 e. The zero-order chi connectivity index (χ0) is 14.0. The zero-order valence-corrected chi connectivity index (χ0v) is 11.5. The van der Waals surface area contributed by atoms with E-state index >= 15 is 0 Å². The summed E-state index contributed by atoms with van der Waals surface area (Å²) in [5.41, 5.74) is 8.42. The standard InChI is InChI=1S/C14H14FN3S/c1-8-6-7-17-14(11(8)13(16)19)18-12-9(2)4-3-5-10(12)15/h3-7H,1-2H3,(H2,16,19)(H,17,18). The Hall–Kier alpha value is -2.01. The van der Waals surface area contributed by atoms with E-state index in [1.54, 1.807) is 12.3 Å². The molecule has 5 heteroatoms. The van der Waals surface area contributed by atoms with Crippen LogP contribution in [0.1, 0.15) is 16.7 Å². The Bertz CT molecular complexity index is 620. The summed E-state index contributed by atoms with van der Waals surface area (Å²) in [6.07, 6.45) is 1.63. The molecule has 3 nitrogen and oxygen atoms in total. The Morgan fingerprint density at radius 1 is 1.26 bits per heavy atom. The van der Waals surface area contributed by atoms with Gasteiger partial charge in [0.15, 0.2) is 0 Å². The number of pyridine rings is 1. The van der Waals surface area contributed by atoms with Crippen LogP contribution < -0.4 is 11.1 Å². The number of benzene rings is 1. The number of anilines is 2. The summed E-state index contributed by atoms with van der Waals surface area (Å²) in [6, 6.07) is 6.69. The fourth-order valence-electron chi connectivity index (χ4n) is 1.87. The number of nitrogens with one attached hydrogen (secondary N) is 1. The number of thiocarbonyl (C=S) groups is 1. The van der Waals surface area contributed by atoms with Gasteiger partial charge in [0.2, 0.25) is 0 Å². The van der Waals surface area contributed by atoms with Crippen molar-refractivity contribution in [2.45, 2.75) is 13.8 Å². The number of nitrogens with zero attached hydrogens (tertiary/aromatic N) is 1. The topological polar surface area (TPSA) is 50.9 Å². The summed E-state index contributed by atoms with van der Waals surface area (Å²) in [7, 11) is 0. The highest BCUT2D eigenvalue weighted by molar-refractivity contribution is 7.80. The second kappa shape index (κ2) is 5.32. The molecule has 19 heavy (non-hydrogen) atoms. The highest BCUT2D eigenvalue weighted by Gasteiger charge is 2.13. The first kappa shape index (κ1) is 13.4. The number of rotatable bonds is 3. The van der Waals surface area contributed by atoms with Crippen molar-refractivity contribution < 1.29 is 4.39 Å². The van der Waals surface area contributed by atoms with Crippen LogP contribution in [-0.4, -0.2) is 9.97 Å². The summed E-state index contributed by atoms with van der Waals surface area (Å²) >= 11 is 5.02. The summed E-state index contributed by atoms with van der Waals surface area (Å²) in [6.45, 7) is 3.71. The molecule has 2 rings (SSSR count). The molecule has 0 unspecified atom stereocenters. The van der Waals surface area contributed by atoms with Gasteiger partial charge in [0.05, 0.1) is 11.3 Å². The van der Waals surface area contributed by atoms with E-state index in [-0.39, 0.29) is 10.8 Å². The van der Waals surface area contributed by atoms with E-state index in [2.05, 4.69) is 10.3 Å². The van der Waals surface area contributed by atoms with Crippen LogP contribution >= 0.6 is 12.2 Å². The van der Waals surface area contributed by atoms with E-state index in [4.69, 9.17) is 18.0 Å². The number of hydrogen-bond donors (Lipinski definition) is 2. The molecule has 0 aliphatic carbocycles. The zero-order valence-electron chi connectivity index (χ0n) is 10.7. The van der Waals surface area contributed by atoms with Crippen LogP contribution in [0.2, 0.25) is 0 Å². The summed E-state index contributed by atoms with van der Waals surface area (Å²) in [5.74, 6) is 0.137. The Morgan fingerprint density at radius 3 is 2.63 bits per heavy atom. The average Bonchev–Trinajstić information content (AvgIpc) is 2.33. The maximum Gasteiger partial charge on any atom is 0.146 e. The van der Waals surface area contributed by atoms with Crippen LogP contribution in [-0.2, 0) is 0 Å². The van der Waals surface area contributed by atoms with Crippen LogP contribution in [0.25, 0.3) is 0 Å². The number of nitrogens with two attached hydrogens (primary N) is 1. The fraction of sp³-hybridized carbons (Fsp3) is 0.143. The summed E-state index contributed by atoms with van der Waals surface area (Å²) in [4.78, 5) is 4.43. The van der Waals surface area contributed by atoms with Crippen molar-refractivity contribution in [1.82, 2.24) is 4.98 Å². The molecule has 1 heterocycles. The van der Waals surface area contributed by atoms with Crippen molar-refractivity contribution in [3.8, 4) is 0 Å². The highest BCUT2D eigenvalue weighted by atomic mass is 32.1. The number of aromatic nitrogens is 1. The van der Waals surface area contributed by atoms with Gasteiger partial charge in [-0.2, -0.15) is 0 Å². The predicted octanol–water partition coefficient (Wildman–Crippen LogP) is 3.22. The van der Waals surface area contributed by atoms with Gasteiger partial charge >= 0.3 is 0 Å². The van der Waals surface area contributed by atoms with Gasteiger partial charge in [-0.1, -0.05) is 24.4 Å². The molecular weight excluding hydrogens is 261 g/mol. The monoisotopic (exact) mass is 275 g/mol. The fourth-order valence-corrected chi connectivity index (χ4v) is 2.13. The molecule has 0 atom stereocenters. The van der Waals surface area contributed by atoms with Gasteiger partial charge in [0, 0.05) is 6.20 Å². The average molecular weight is 275 g/mol. The van der Waals surface area contributed by atoms with Crippen LogP contribution in [0.15, 0.2) is 30.5 Å². The van der Waals surface area contributed by atoms with Crippen molar-refractivity contribution >= 4 is 28.7 Å².